The molecule has 1 N–H and O–H groups in total. The number of benzene rings is 2. The minimum Gasteiger partial charge on any atom is -0.452 e. The Bertz CT molecular complexity index is 1010. The van der Waals surface area contributed by atoms with Crippen molar-refractivity contribution in [3.8, 4) is 0 Å². The normalized spacial score (nSPS) is 16.5. The van der Waals surface area contributed by atoms with Crippen molar-refractivity contribution in [1.82, 2.24) is 0 Å². The smallest absolute Gasteiger partial charge is 0.309 e. The number of anilines is 1. The summed E-state index contributed by atoms with van der Waals surface area (Å²) in [6, 6.07) is 11.4. The largest absolute Gasteiger partial charge is 0.452 e. The third-order valence-corrected chi connectivity index (χ3v) is 5.31. The number of ether oxygens (including phenoxy) is 1. The monoisotopic (exact) mass is 377 g/mol. The van der Waals surface area contributed by atoms with Crippen molar-refractivity contribution in [2.75, 3.05) is 5.32 Å². The van der Waals surface area contributed by atoms with E-state index >= 15 is 0 Å². The summed E-state index contributed by atoms with van der Waals surface area (Å²) in [7, 11) is 0. The first-order valence-corrected chi connectivity index (χ1v) is 9.30. The lowest BCUT2D eigenvalue weighted by Gasteiger charge is -2.25. The number of carbonyl (C=O) groups is 4. The van der Waals surface area contributed by atoms with Gasteiger partial charge in [0.25, 0.3) is 5.91 Å². The molecule has 0 aliphatic heterocycles. The average molecular weight is 377 g/mol. The van der Waals surface area contributed by atoms with Crippen LogP contribution in [0.15, 0.2) is 42.5 Å². The molecule has 4 rings (SSSR count). The van der Waals surface area contributed by atoms with E-state index in [-0.39, 0.29) is 40.3 Å². The molecule has 2 aliphatic carbocycles. The van der Waals surface area contributed by atoms with Gasteiger partial charge < -0.3 is 10.1 Å². The summed E-state index contributed by atoms with van der Waals surface area (Å²) in [5.74, 6) is -1.62. The molecule has 28 heavy (non-hydrogen) atoms. The molecule has 1 unspecified atom stereocenters. The Hall–Kier alpha value is -3.28. The van der Waals surface area contributed by atoms with Gasteiger partial charge >= 0.3 is 5.97 Å². The van der Waals surface area contributed by atoms with Crippen molar-refractivity contribution < 1.29 is 23.9 Å². The molecule has 2 aromatic rings. The predicted molar refractivity (Wildman–Crippen MR) is 101 cm³/mol. The minimum atomic E-state index is -0.995. The van der Waals surface area contributed by atoms with Gasteiger partial charge in [-0.2, -0.15) is 0 Å². The first-order valence-electron chi connectivity index (χ1n) is 9.30. The molecule has 6 heteroatoms. The summed E-state index contributed by atoms with van der Waals surface area (Å²) in [6.07, 6.45) is 1.57. The highest BCUT2D eigenvalue weighted by Crippen LogP contribution is 2.32. The molecule has 2 aliphatic rings. The number of nitrogens with one attached hydrogen (secondary N) is 1. The van der Waals surface area contributed by atoms with Crippen LogP contribution >= 0.6 is 0 Å². The minimum absolute atomic E-state index is 0.129. The number of hydrogen-bond donors (Lipinski definition) is 1. The van der Waals surface area contributed by atoms with Crippen LogP contribution < -0.4 is 5.32 Å². The number of carbonyl (C=O) groups excluding carboxylic acids is 4. The standard InChI is InChI=1S/C22H19NO5/c1-12(28-22(27)13-6-4-7-13)21(26)23-17-11-5-10-16-18(17)20(25)15-9-3-2-8-14(15)19(16)24/h2-3,5,8-13H,4,6-7H2,1H3,(H,23,26). The SMILES string of the molecule is CC(OC(=O)C1CCC1)C(=O)Nc1cccc2c1C(=O)c1ccccc1C2=O. The van der Waals surface area contributed by atoms with Crippen LogP contribution in [-0.4, -0.2) is 29.5 Å². The number of esters is 1. The fourth-order valence-electron chi connectivity index (χ4n) is 3.45. The lowest BCUT2D eigenvalue weighted by Crippen LogP contribution is -2.34. The molecule has 0 spiro atoms. The van der Waals surface area contributed by atoms with Crippen LogP contribution in [0.1, 0.15) is 58.0 Å². The molecule has 0 aromatic heterocycles. The zero-order valence-corrected chi connectivity index (χ0v) is 15.4. The van der Waals surface area contributed by atoms with Gasteiger partial charge in [-0.1, -0.05) is 42.8 Å². The first kappa shape index (κ1) is 18.1. The molecule has 1 fully saturated rings. The summed E-state index contributed by atoms with van der Waals surface area (Å²) in [5.41, 5.74) is 1.32. The number of amides is 1. The van der Waals surface area contributed by atoms with E-state index in [1.165, 1.54) is 6.92 Å². The Morgan fingerprint density at radius 2 is 1.61 bits per heavy atom. The Kier molecular flexibility index (Phi) is 4.55. The second-order valence-corrected chi connectivity index (χ2v) is 7.13. The van der Waals surface area contributed by atoms with Crippen molar-refractivity contribution in [2.45, 2.75) is 32.3 Å². The van der Waals surface area contributed by atoms with Crippen LogP contribution in [0, 0.1) is 5.92 Å². The van der Waals surface area contributed by atoms with Crippen LogP contribution in [0.5, 0.6) is 0 Å². The fourth-order valence-corrected chi connectivity index (χ4v) is 3.45. The van der Waals surface area contributed by atoms with Gasteiger partial charge in [0.2, 0.25) is 0 Å². The fraction of sp³-hybridized carbons (Fsp3) is 0.273. The van der Waals surface area contributed by atoms with Gasteiger partial charge in [0, 0.05) is 16.7 Å². The molecule has 6 nitrogen and oxygen atoms in total. The van der Waals surface area contributed by atoms with Gasteiger partial charge in [-0.05, 0) is 25.8 Å². The number of fused-ring (bicyclic) bond motifs is 2. The molecule has 0 bridgehead atoms. The van der Waals surface area contributed by atoms with Gasteiger partial charge in [-0.25, -0.2) is 0 Å². The Balaban J connectivity index is 1.58. The van der Waals surface area contributed by atoms with Crippen molar-refractivity contribution in [3.05, 3.63) is 64.7 Å². The van der Waals surface area contributed by atoms with E-state index in [2.05, 4.69) is 5.32 Å². The maximum absolute atomic E-state index is 13.0. The molecular weight excluding hydrogens is 358 g/mol. The van der Waals surface area contributed by atoms with Crippen molar-refractivity contribution in [2.24, 2.45) is 5.92 Å². The average Bonchev–Trinajstić information content (AvgIpc) is 2.64. The Labute approximate surface area is 161 Å². The molecule has 0 saturated heterocycles. The number of rotatable bonds is 4. The van der Waals surface area contributed by atoms with Gasteiger partial charge in [0.1, 0.15) is 0 Å². The summed E-state index contributed by atoms with van der Waals surface area (Å²) >= 11 is 0. The zero-order chi connectivity index (χ0) is 19.8. The van der Waals surface area contributed by atoms with E-state index in [1.54, 1.807) is 42.5 Å². The van der Waals surface area contributed by atoms with Gasteiger partial charge in [0.05, 0.1) is 17.2 Å². The topological polar surface area (TPSA) is 89.5 Å². The third-order valence-electron chi connectivity index (χ3n) is 5.31. The number of ketones is 2. The lowest BCUT2D eigenvalue weighted by atomic mass is 9.83. The van der Waals surface area contributed by atoms with Crippen LogP contribution in [0.25, 0.3) is 0 Å². The van der Waals surface area contributed by atoms with Crippen LogP contribution in [0.3, 0.4) is 0 Å². The highest BCUT2D eigenvalue weighted by molar-refractivity contribution is 6.30. The highest BCUT2D eigenvalue weighted by Gasteiger charge is 2.33. The highest BCUT2D eigenvalue weighted by atomic mass is 16.5. The number of hydrogen-bond acceptors (Lipinski definition) is 5. The Morgan fingerprint density at radius 1 is 0.964 bits per heavy atom. The summed E-state index contributed by atoms with van der Waals surface area (Å²) in [5, 5.41) is 2.64. The van der Waals surface area contributed by atoms with Crippen molar-refractivity contribution >= 4 is 29.1 Å². The molecule has 2 aromatic carbocycles. The van der Waals surface area contributed by atoms with E-state index in [4.69, 9.17) is 4.74 Å². The molecule has 1 saturated carbocycles. The van der Waals surface area contributed by atoms with Crippen molar-refractivity contribution in [1.29, 1.82) is 0 Å². The van der Waals surface area contributed by atoms with E-state index in [0.29, 0.717) is 11.1 Å². The molecule has 0 heterocycles. The van der Waals surface area contributed by atoms with Gasteiger partial charge in [0.15, 0.2) is 17.7 Å². The van der Waals surface area contributed by atoms with E-state index in [1.807, 2.05) is 0 Å². The molecule has 142 valence electrons. The zero-order valence-electron chi connectivity index (χ0n) is 15.4. The second kappa shape index (κ2) is 7.03. The molecule has 0 radical (unpaired) electrons. The van der Waals surface area contributed by atoms with E-state index in [0.717, 1.165) is 19.3 Å². The molecule has 1 amide bonds. The second-order valence-electron chi connectivity index (χ2n) is 7.13. The molecular formula is C22H19NO5. The van der Waals surface area contributed by atoms with Gasteiger partial charge in [-0.15, -0.1) is 0 Å². The first-order chi connectivity index (χ1) is 13.5. The van der Waals surface area contributed by atoms with Crippen LogP contribution in [-0.2, 0) is 14.3 Å². The maximum Gasteiger partial charge on any atom is 0.309 e. The maximum atomic E-state index is 13.0. The Morgan fingerprint density at radius 3 is 2.25 bits per heavy atom. The summed E-state index contributed by atoms with van der Waals surface area (Å²) in [6.45, 7) is 1.49. The van der Waals surface area contributed by atoms with Crippen LogP contribution in [0.4, 0.5) is 5.69 Å². The van der Waals surface area contributed by atoms with Crippen LogP contribution in [0.2, 0.25) is 0 Å². The lowest BCUT2D eigenvalue weighted by molar-refractivity contribution is -0.159. The predicted octanol–water partition coefficient (Wildman–Crippen LogP) is 3.13. The quantitative estimate of drug-likeness (QED) is 0.706. The van der Waals surface area contributed by atoms with Gasteiger partial charge in [-0.3, -0.25) is 19.2 Å². The van der Waals surface area contributed by atoms with E-state index < -0.39 is 12.0 Å². The third kappa shape index (κ3) is 3.01. The van der Waals surface area contributed by atoms with Crippen molar-refractivity contribution in [3.63, 3.8) is 0 Å². The summed E-state index contributed by atoms with van der Waals surface area (Å²) in [4.78, 5) is 50.2. The molecule has 1 atom stereocenters. The van der Waals surface area contributed by atoms with E-state index in [9.17, 15) is 19.2 Å². The summed E-state index contributed by atoms with van der Waals surface area (Å²) < 4.78 is 5.23.